The van der Waals surface area contributed by atoms with Crippen LogP contribution in [-0.2, 0) is 0 Å². The zero-order valence-electron chi connectivity index (χ0n) is 11.7. The van der Waals surface area contributed by atoms with Gasteiger partial charge in [-0.05, 0) is 36.1 Å². The minimum atomic E-state index is 0.163. The van der Waals surface area contributed by atoms with Crippen LogP contribution in [0.25, 0.3) is 0 Å². The Bertz CT molecular complexity index is 769. The standard InChI is InChI=1S/C18H14Cl3N/c19-10-8-15(21)17-11-5-3-6-12(11)18(22-16(17)9-10)13-4-1-2-7-14(13)20/h1-5,7-9,11-12,18,22H,6H2/t11-,12-,18+/m1/s1. The quantitative estimate of drug-likeness (QED) is 0.581. The molecule has 0 saturated heterocycles. The average Bonchev–Trinajstić information content (AvgIpc) is 2.95. The smallest absolute Gasteiger partial charge is 0.0568 e. The van der Waals surface area contributed by atoms with Crippen LogP contribution in [0.3, 0.4) is 0 Å². The highest BCUT2D eigenvalue weighted by Gasteiger charge is 2.39. The average molecular weight is 351 g/mol. The molecule has 0 bridgehead atoms. The third kappa shape index (κ3) is 2.23. The number of nitrogens with one attached hydrogen (secondary N) is 1. The predicted octanol–water partition coefficient (Wildman–Crippen LogP) is 6.47. The van der Waals surface area contributed by atoms with Crippen molar-refractivity contribution >= 4 is 40.5 Å². The first kappa shape index (κ1) is 14.4. The number of benzene rings is 2. The number of rotatable bonds is 1. The topological polar surface area (TPSA) is 12.0 Å². The van der Waals surface area contributed by atoms with Crippen molar-refractivity contribution in [2.24, 2.45) is 5.92 Å². The van der Waals surface area contributed by atoms with Crippen molar-refractivity contribution in [1.29, 1.82) is 0 Å². The molecule has 0 aromatic heterocycles. The largest absolute Gasteiger partial charge is 0.378 e. The molecule has 4 rings (SSSR count). The number of fused-ring (bicyclic) bond motifs is 3. The SMILES string of the molecule is Clc1cc(Cl)c2c(c1)N[C@H](c1ccccc1Cl)[C@@H]1CC=C[C@@H]21. The van der Waals surface area contributed by atoms with Gasteiger partial charge in [-0.15, -0.1) is 0 Å². The molecule has 0 fully saturated rings. The summed E-state index contributed by atoms with van der Waals surface area (Å²) in [6.45, 7) is 0. The number of anilines is 1. The first-order chi connectivity index (χ1) is 10.6. The molecule has 0 saturated carbocycles. The fourth-order valence-corrected chi connectivity index (χ4v) is 4.55. The lowest BCUT2D eigenvalue weighted by Gasteiger charge is -2.38. The molecule has 1 nitrogen and oxygen atoms in total. The van der Waals surface area contributed by atoms with Crippen molar-refractivity contribution in [3.05, 3.63) is 74.7 Å². The van der Waals surface area contributed by atoms with Crippen molar-refractivity contribution < 1.29 is 0 Å². The van der Waals surface area contributed by atoms with E-state index in [-0.39, 0.29) is 6.04 Å². The van der Waals surface area contributed by atoms with E-state index in [9.17, 15) is 0 Å². The van der Waals surface area contributed by atoms with Crippen LogP contribution in [0, 0.1) is 5.92 Å². The lowest BCUT2D eigenvalue weighted by atomic mass is 9.77. The molecule has 112 valence electrons. The molecule has 1 heterocycles. The maximum atomic E-state index is 6.45. The Labute approximate surface area is 144 Å². The summed E-state index contributed by atoms with van der Waals surface area (Å²) >= 11 is 19.1. The third-order valence-corrected chi connectivity index (χ3v) is 5.50. The van der Waals surface area contributed by atoms with Crippen molar-refractivity contribution in [2.75, 3.05) is 5.32 Å². The van der Waals surface area contributed by atoms with E-state index in [0.29, 0.717) is 16.9 Å². The highest BCUT2D eigenvalue weighted by Crippen LogP contribution is 2.53. The van der Waals surface area contributed by atoms with Gasteiger partial charge in [-0.1, -0.05) is 65.2 Å². The summed E-state index contributed by atoms with van der Waals surface area (Å²) in [5.74, 6) is 0.730. The molecule has 2 aliphatic rings. The normalized spacial score (nSPS) is 25.5. The van der Waals surface area contributed by atoms with Gasteiger partial charge in [-0.2, -0.15) is 0 Å². The maximum Gasteiger partial charge on any atom is 0.0568 e. The van der Waals surface area contributed by atoms with Crippen LogP contribution >= 0.6 is 34.8 Å². The van der Waals surface area contributed by atoms with Crippen molar-refractivity contribution in [3.63, 3.8) is 0 Å². The van der Waals surface area contributed by atoms with Gasteiger partial charge in [0.05, 0.1) is 6.04 Å². The van der Waals surface area contributed by atoms with E-state index in [1.54, 1.807) is 0 Å². The Balaban J connectivity index is 1.86. The fourth-order valence-electron chi connectivity index (χ4n) is 3.68. The van der Waals surface area contributed by atoms with Gasteiger partial charge >= 0.3 is 0 Å². The number of hydrogen-bond donors (Lipinski definition) is 1. The van der Waals surface area contributed by atoms with Gasteiger partial charge in [0.15, 0.2) is 0 Å². The Morgan fingerprint density at radius 3 is 2.64 bits per heavy atom. The summed E-state index contributed by atoms with van der Waals surface area (Å²) in [6.07, 6.45) is 5.51. The Morgan fingerprint density at radius 1 is 1.00 bits per heavy atom. The van der Waals surface area contributed by atoms with Crippen LogP contribution in [0.4, 0.5) is 5.69 Å². The molecule has 0 spiro atoms. The minimum absolute atomic E-state index is 0.163. The van der Waals surface area contributed by atoms with E-state index in [1.807, 2.05) is 30.3 Å². The van der Waals surface area contributed by atoms with Gasteiger partial charge in [0.1, 0.15) is 0 Å². The zero-order chi connectivity index (χ0) is 15.3. The molecule has 0 amide bonds. The molecule has 4 heteroatoms. The van der Waals surface area contributed by atoms with Crippen molar-refractivity contribution in [2.45, 2.75) is 18.4 Å². The highest BCUT2D eigenvalue weighted by molar-refractivity contribution is 6.35. The van der Waals surface area contributed by atoms with Crippen LogP contribution < -0.4 is 5.32 Å². The van der Waals surface area contributed by atoms with Gasteiger partial charge in [0.2, 0.25) is 0 Å². The van der Waals surface area contributed by atoms with E-state index in [4.69, 9.17) is 34.8 Å². The zero-order valence-corrected chi connectivity index (χ0v) is 14.0. The molecule has 1 aliphatic carbocycles. The maximum absolute atomic E-state index is 6.45. The fraction of sp³-hybridized carbons (Fsp3) is 0.222. The lowest BCUT2D eigenvalue weighted by Crippen LogP contribution is -2.29. The van der Waals surface area contributed by atoms with Crippen molar-refractivity contribution in [1.82, 2.24) is 0 Å². The highest BCUT2D eigenvalue weighted by atomic mass is 35.5. The Kier molecular flexibility index (Phi) is 3.60. The molecule has 2 aromatic carbocycles. The summed E-state index contributed by atoms with van der Waals surface area (Å²) in [5.41, 5.74) is 3.29. The molecule has 0 radical (unpaired) electrons. The van der Waals surface area contributed by atoms with Gasteiger partial charge in [-0.25, -0.2) is 0 Å². The minimum Gasteiger partial charge on any atom is -0.378 e. The number of halogens is 3. The van der Waals surface area contributed by atoms with Crippen LogP contribution in [0.2, 0.25) is 15.1 Å². The second-order valence-corrected chi connectivity index (χ2v) is 7.10. The predicted molar refractivity (Wildman–Crippen MR) is 94.3 cm³/mol. The van der Waals surface area contributed by atoms with Gasteiger partial charge in [-0.3, -0.25) is 0 Å². The van der Waals surface area contributed by atoms with E-state index in [0.717, 1.165) is 33.3 Å². The molecular formula is C18H14Cl3N. The van der Waals surface area contributed by atoms with E-state index in [2.05, 4.69) is 23.5 Å². The summed E-state index contributed by atoms with van der Waals surface area (Å²) in [4.78, 5) is 0. The van der Waals surface area contributed by atoms with Gasteiger partial charge in [0.25, 0.3) is 0 Å². The molecule has 22 heavy (non-hydrogen) atoms. The number of hydrogen-bond acceptors (Lipinski definition) is 1. The van der Waals surface area contributed by atoms with Gasteiger partial charge < -0.3 is 5.32 Å². The van der Waals surface area contributed by atoms with E-state index in [1.165, 1.54) is 0 Å². The summed E-state index contributed by atoms with van der Waals surface area (Å²) < 4.78 is 0. The lowest BCUT2D eigenvalue weighted by molar-refractivity contribution is 0.426. The monoisotopic (exact) mass is 349 g/mol. The second kappa shape index (κ2) is 5.49. The Morgan fingerprint density at radius 2 is 1.82 bits per heavy atom. The van der Waals surface area contributed by atoms with Crippen LogP contribution in [-0.4, -0.2) is 0 Å². The van der Waals surface area contributed by atoms with Crippen LogP contribution in [0.1, 0.15) is 29.5 Å². The molecule has 3 atom stereocenters. The number of allylic oxidation sites excluding steroid dienone is 2. The van der Waals surface area contributed by atoms with Gasteiger partial charge in [0, 0.05) is 32.2 Å². The molecular weight excluding hydrogens is 337 g/mol. The first-order valence-corrected chi connectivity index (χ1v) is 8.45. The van der Waals surface area contributed by atoms with E-state index >= 15 is 0 Å². The van der Waals surface area contributed by atoms with Crippen LogP contribution in [0.5, 0.6) is 0 Å². The summed E-state index contributed by atoms with van der Waals surface area (Å²) in [6, 6.07) is 12.0. The Hall–Kier alpha value is -1.15. The molecule has 1 N–H and O–H groups in total. The van der Waals surface area contributed by atoms with Crippen molar-refractivity contribution in [3.8, 4) is 0 Å². The van der Waals surface area contributed by atoms with E-state index < -0.39 is 0 Å². The second-order valence-electron chi connectivity index (χ2n) is 5.85. The first-order valence-electron chi connectivity index (χ1n) is 7.31. The molecule has 1 aliphatic heterocycles. The summed E-state index contributed by atoms with van der Waals surface area (Å²) in [5, 5.41) is 5.79. The third-order valence-electron chi connectivity index (χ3n) is 4.62. The van der Waals surface area contributed by atoms with Crippen LogP contribution in [0.15, 0.2) is 48.6 Å². The summed E-state index contributed by atoms with van der Waals surface area (Å²) in [7, 11) is 0. The molecule has 0 unspecified atom stereocenters. The molecule has 2 aromatic rings.